The smallest absolute Gasteiger partial charge is 0.306 e. The van der Waals surface area contributed by atoms with Gasteiger partial charge in [-0.1, -0.05) is 131 Å². The van der Waals surface area contributed by atoms with Crippen LogP contribution in [0.2, 0.25) is 0 Å². The zero-order chi connectivity index (χ0) is 46.6. The third-order valence-electron chi connectivity index (χ3n) is 10.3. The van der Waals surface area contributed by atoms with E-state index in [-0.39, 0.29) is 43.5 Å². The third-order valence-corrected chi connectivity index (χ3v) is 11.2. The summed E-state index contributed by atoms with van der Waals surface area (Å²) in [5.41, 5.74) is 0. The molecule has 0 bridgehead atoms. The number of carbonyl (C=O) groups excluding carboxylic acids is 3. The van der Waals surface area contributed by atoms with E-state index in [9.17, 15) is 34.1 Å². The molecule has 63 heavy (non-hydrogen) atoms. The largest absolute Gasteiger partial charge is 0.756 e. The van der Waals surface area contributed by atoms with Crippen LogP contribution in [0.15, 0.2) is 85.1 Å². The van der Waals surface area contributed by atoms with Gasteiger partial charge in [0.2, 0.25) is 0 Å². The number of Topliss-reactive ketones (excluding diaryl/α,β-unsaturated/α-hetero) is 1. The molecular weight excluding hydrogens is 822 g/mol. The number of unbranched alkanes of at least 4 members (excludes halogenated alkanes) is 6. The molecule has 0 aromatic heterocycles. The number of rotatable bonds is 37. The van der Waals surface area contributed by atoms with Crippen molar-refractivity contribution in [2.24, 2.45) is 11.8 Å². The molecule has 1 saturated carbocycles. The lowest BCUT2D eigenvalue weighted by molar-refractivity contribution is -0.870. The molecule has 1 unspecified atom stereocenters. The highest BCUT2D eigenvalue weighted by molar-refractivity contribution is 7.45. The number of carbonyl (C=O) groups is 3. The first-order chi connectivity index (χ1) is 30.2. The molecule has 12 nitrogen and oxygen atoms in total. The molecule has 1 aliphatic rings. The van der Waals surface area contributed by atoms with Crippen LogP contribution in [0.4, 0.5) is 0 Å². The Labute approximate surface area is 380 Å². The highest BCUT2D eigenvalue weighted by Gasteiger charge is 2.39. The molecule has 358 valence electrons. The van der Waals surface area contributed by atoms with Crippen LogP contribution in [0.3, 0.4) is 0 Å². The molecule has 0 saturated heterocycles. The van der Waals surface area contributed by atoms with Gasteiger partial charge in [0, 0.05) is 31.1 Å². The zero-order valence-electron chi connectivity index (χ0n) is 39.2. The topological polar surface area (TPSA) is 169 Å². The lowest BCUT2D eigenvalue weighted by Gasteiger charge is -2.28. The summed E-state index contributed by atoms with van der Waals surface area (Å²) in [5, 5.41) is 20.7. The first-order valence-electron chi connectivity index (χ1n) is 23.4. The minimum absolute atomic E-state index is 0.0103. The molecule has 0 aromatic carbocycles. The molecule has 0 heterocycles. The van der Waals surface area contributed by atoms with E-state index in [1.807, 2.05) is 45.4 Å². The quantitative estimate of drug-likeness (QED) is 0.0200. The molecule has 0 amide bonds. The number of likely N-dealkylation sites (N-methyl/N-ethyl adjacent to an activating group) is 1. The van der Waals surface area contributed by atoms with Crippen LogP contribution in [-0.2, 0) is 37.5 Å². The van der Waals surface area contributed by atoms with Gasteiger partial charge in [-0.15, -0.1) is 0 Å². The lowest BCUT2D eigenvalue weighted by Crippen LogP contribution is -2.37. The number of aliphatic hydroxyl groups excluding tert-OH is 2. The molecular formula is C50H82NO11P. The summed E-state index contributed by atoms with van der Waals surface area (Å²) in [6.07, 6.45) is 39.9. The van der Waals surface area contributed by atoms with Gasteiger partial charge in [0.25, 0.3) is 7.82 Å². The van der Waals surface area contributed by atoms with Crippen molar-refractivity contribution in [2.45, 2.75) is 154 Å². The Morgan fingerprint density at radius 2 is 1.33 bits per heavy atom. The highest BCUT2D eigenvalue weighted by atomic mass is 31.2. The maximum atomic E-state index is 12.7. The van der Waals surface area contributed by atoms with Crippen molar-refractivity contribution in [2.75, 3.05) is 47.5 Å². The van der Waals surface area contributed by atoms with Crippen LogP contribution in [0.25, 0.3) is 0 Å². The number of aliphatic hydroxyl groups is 2. The summed E-state index contributed by atoms with van der Waals surface area (Å²) in [6.45, 7) is 3.68. The molecule has 2 N–H and O–H groups in total. The fourth-order valence-corrected chi connectivity index (χ4v) is 7.23. The van der Waals surface area contributed by atoms with Crippen molar-refractivity contribution < 1.29 is 57.1 Å². The first kappa shape index (κ1) is 57.8. The maximum Gasteiger partial charge on any atom is 0.306 e. The second kappa shape index (κ2) is 36.1. The Morgan fingerprint density at radius 1 is 0.762 bits per heavy atom. The average Bonchev–Trinajstić information content (AvgIpc) is 3.50. The number of phosphoric ester groups is 1. The van der Waals surface area contributed by atoms with E-state index in [0.29, 0.717) is 43.1 Å². The summed E-state index contributed by atoms with van der Waals surface area (Å²) >= 11 is 0. The minimum Gasteiger partial charge on any atom is -0.756 e. The summed E-state index contributed by atoms with van der Waals surface area (Å²) in [6, 6.07) is 0. The monoisotopic (exact) mass is 904 g/mol. The van der Waals surface area contributed by atoms with E-state index in [2.05, 4.69) is 62.5 Å². The van der Waals surface area contributed by atoms with Gasteiger partial charge in [0.05, 0.1) is 40.0 Å². The second-order valence-electron chi connectivity index (χ2n) is 17.2. The predicted molar refractivity (Wildman–Crippen MR) is 250 cm³/mol. The van der Waals surface area contributed by atoms with E-state index in [4.69, 9.17) is 18.5 Å². The number of ketones is 1. The zero-order valence-corrected chi connectivity index (χ0v) is 40.1. The molecule has 0 aromatic rings. The van der Waals surface area contributed by atoms with Gasteiger partial charge in [-0.25, -0.2) is 0 Å². The third kappa shape index (κ3) is 33.0. The van der Waals surface area contributed by atoms with Gasteiger partial charge in [-0.05, 0) is 70.6 Å². The average molecular weight is 904 g/mol. The van der Waals surface area contributed by atoms with Gasteiger partial charge in [-0.2, -0.15) is 0 Å². The Kier molecular flexibility index (Phi) is 33.1. The predicted octanol–water partition coefficient (Wildman–Crippen LogP) is 9.53. The van der Waals surface area contributed by atoms with Crippen LogP contribution in [0, 0.1) is 11.8 Å². The Morgan fingerprint density at radius 3 is 1.95 bits per heavy atom. The summed E-state index contributed by atoms with van der Waals surface area (Å²) in [7, 11) is 0.959. The van der Waals surface area contributed by atoms with Crippen molar-refractivity contribution in [1.29, 1.82) is 0 Å². The minimum atomic E-state index is -4.72. The van der Waals surface area contributed by atoms with E-state index >= 15 is 0 Å². The number of hydrogen-bond acceptors (Lipinski definition) is 11. The molecule has 0 radical (unpaired) electrons. The number of hydrogen-bond donors (Lipinski definition) is 2. The lowest BCUT2D eigenvalue weighted by atomic mass is 9.90. The summed E-state index contributed by atoms with van der Waals surface area (Å²) in [4.78, 5) is 50.3. The molecule has 0 spiro atoms. The Bertz CT molecular complexity index is 1510. The molecule has 1 rings (SSSR count). The molecule has 0 aliphatic heterocycles. The summed E-state index contributed by atoms with van der Waals surface area (Å²) in [5.74, 6) is -1.88. The van der Waals surface area contributed by atoms with Crippen LogP contribution in [0.1, 0.15) is 136 Å². The molecule has 6 atom stereocenters. The number of nitrogens with zero attached hydrogens (tertiary/aromatic N) is 1. The maximum absolute atomic E-state index is 12.7. The number of quaternary nitrogens is 1. The highest BCUT2D eigenvalue weighted by Crippen LogP contribution is 2.38. The van der Waals surface area contributed by atoms with Gasteiger partial charge in [0.15, 0.2) is 6.10 Å². The Hall–Kier alpha value is -3.22. The van der Waals surface area contributed by atoms with Crippen molar-refractivity contribution in [3.63, 3.8) is 0 Å². The van der Waals surface area contributed by atoms with E-state index < -0.39 is 51.3 Å². The number of ether oxygens (including phenoxy) is 2. The standard InChI is InChI=1S/C50H82NO11P/c1-6-8-10-11-12-13-14-15-16-17-18-19-20-21-22-23-24-25-31-35-50(56)62-44(42-61-63(57,58)60-39-38-51(3,4)5)41-59-49(55)34-30-27-26-29-33-45-46(48(54)40-47(45)53)37-36-43(52)32-28-9-7-2/h12-13,15-16,18-19,21-22,24-26,29,36-37,43-46,48,52,54H,6-11,14,17,20,23,27-28,30-35,38-42H2,1-5H3/b13-12-,16-15-,19-18-,22-21-,25-24-,29-26-,37-36+/t43-,44+,45+,46+,48+/m0/s1. The SMILES string of the molecule is CCCCC/C=C\C/C=C\C/C=C\C/C=C\C/C=C\CCC(=O)O[C@H](COC(=O)CCC/C=C\C[C@H]1C(=O)C[C@@H](O)[C@@H]1/C=C/[C@@H](O)CCCCC)COP(=O)([O-])OCC[N+](C)(C)C. The fraction of sp³-hybridized carbons (Fsp3) is 0.660. The number of phosphoric acid groups is 1. The van der Waals surface area contributed by atoms with E-state index in [1.165, 1.54) is 19.3 Å². The first-order valence-corrected chi connectivity index (χ1v) is 24.9. The Balaban J connectivity index is 2.54. The van der Waals surface area contributed by atoms with Gasteiger partial charge >= 0.3 is 11.9 Å². The fourth-order valence-electron chi connectivity index (χ4n) is 6.50. The van der Waals surface area contributed by atoms with E-state index in [1.54, 1.807) is 12.2 Å². The van der Waals surface area contributed by atoms with Gasteiger partial charge in [0.1, 0.15) is 25.5 Å². The summed E-state index contributed by atoms with van der Waals surface area (Å²) < 4.78 is 33.7. The van der Waals surface area contributed by atoms with Gasteiger partial charge < -0.3 is 38.1 Å². The van der Waals surface area contributed by atoms with E-state index in [0.717, 1.165) is 51.4 Å². The van der Waals surface area contributed by atoms with Crippen LogP contribution in [-0.4, -0.2) is 98.2 Å². The molecule has 1 aliphatic carbocycles. The normalized spacial score (nSPS) is 19.6. The van der Waals surface area contributed by atoms with Crippen LogP contribution >= 0.6 is 7.82 Å². The molecule has 13 heteroatoms. The van der Waals surface area contributed by atoms with Crippen molar-refractivity contribution >= 4 is 25.5 Å². The van der Waals surface area contributed by atoms with Crippen molar-refractivity contribution in [1.82, 2.24) is 0 Å². The van der Waals surface area contributed by atoms with Crippen molar-refractivity contribution in [3.8, 4) is 0 Å². The van der Waals surface area contributed by atoms with Crippen LogP contribution < -0.4 is 4.89 Å². The number of esters is 2. The van der Waals surface area contributed by atoms with Crippen LogP contribution in [0.5, 0.6) is 0 Å². The second-order valence-corrected chi connectivity index (χ2v) is 18.6. The van der Waals surface area contributed by atoms with Gasteiger partial charge in [-0.3, -0.25) is 18.9 Å². The molecule has 1 fully saturated rings. The van der Waals surface area contributed by atoms with Crippen molar-refractivity contribution in [3.05, 3.63) is 85.1 Å². The number of allylic oxidation sites excluding steroid dienone is 12.